The molecule has 6 nitrogen and oxygen atoms in total. The monoisotopic (exact) mass is 449 g/mol. The lowest BCUT2D eigenvalue weighted by atomic mass is 10.1. The highest BCUT2D eigenvalue weighted by atomic mass is 32.1. The lowest BCUT2D eigenvalue weighted by Crippen LogP contribution is -2.34. The Bertz CT molecular complexity index is 942. The summed E-state index contributed by atoms with van der Waals surface area (Å²) in [6.45, 7) is 7.24. The summed E-state index contributed by atoms with van der Waals surface area (Å²) in [5.41, 5.74) is 0.000713. The summed E-state index contributed by atoms with van der Waals surface area (Å²) in [6, 6.07) is 0. The number of fused-ring (bicyclic) bond motifs is 1. The summed E-state index contributed by atoms with van der Waals surface area (Å²) in [5, 5.41) is 3.44. The first kappa shape index (κ1) is 25.4. The Kier molecular flexibility index (Phi) is 11.1. The molecule has 2 aromatic rings. The molecule has 0 aliphatic carbocycles. The van der Waals surface area contributed by atoms with E-state index in [1.807, 2.05) is 0 Å². The number of rotatable bonds is 15. The van der Waals surface area contributed by atoms with E-state index in [1.54, 1.807) is 6.92 Å². The van der Waals surface area contributed by atoms with Crippen molar-refractivity contribution < 1.29 is 4.79 Å². The second-order valence-electron chi connectivity index (χ2n) is 8.44. The number of hydrogen-bond donors (Lipinski definition) is 2. The standard InChI is InChI=1S/C24H39N3O3S/c1-4-6-8-10-12-14-16-25-21(28)20-18(3)19-22(31-20)26-24(30)27(23(19)29)17-15-13-11-9-7-5-2/h4-17H2,1-3H3,(H,25,28)(H,26,30). The first-order valence-corrected chi connectivity index (χ1v) is 12.9. The van der Waals surface area contributed by atoms with Gasteiger partial charge in [0, 0.05) is 13.1 Å². The van der Waals surface area contributed by atoms with Crippen molar-refractivity contribution in [2.24, 2.45) is 0 Å². The molecule has 174 valence electrons. The van der Waals surface area contributed by atoms with Gasteiger partial charge in [0.25, 0.3) is 11.5 Å². The zero-order valence-electron chi connectivity index (χ0n) is 19.5. The van der Waals surface area contributed by atoms with Crippen molar-refractivity contribution in [3.05, 3.63) is 31.3 Å². The number of hydrogen-bond acceptors (Lipinski definition) is 4. The van der Waals surface area contributed by atoms with Crippen LogP contribution in [0.1, 0.15) is 106 Å². The van der Waals surface area contributed by atoms with Crippen LogP contribution in [-0.2, 0) is 6.54 Å². The average Bonchev–Trinajstić information content (AvgIpc) is 3.08. The lowest BCUT2D eigenvalue weighted by molar-refractivity contribution is 0.0956. The van der Waals surface area contributed by atoms with Crippen molar-refractivity contribution in [1.82, 2.24) is 14.9 Å². The summed E-state index contributed by atoms with van der Waals surface area (Å²) in [5.74, 6) is -0.157. The van der Waals surface area contributed by atoms with Crippen LogP contribution in [0.5, 0.6) is 0 Å². The van der Waals surface area contributed by atoms with E-state index in [0.717, 1.165) is 32.1 Å². The maximum absolute atomic E-state index is 13.0. The van der Waals surface area contributed by atoms with Crippen LogP contribution in [0.3, 0.4) is 0 Å². The first-order chi connectivity index (χ1) is 15.0. The number of amides is 1. The fourth-order valence-electron chi connectivity index (χ4n) is 3.91. The number of aromatic nitrogens is 2. The van der Waals surface area contributed by atoms with E-state index in [2.05, 4.69) is 24.1 Å². The second kappa shape index (κ2) is 13.5. The van der Waals surface area contributed by atoms with Crippen molar-refractivity contribution in [2.45, 2.75) is 104 Å². The van der Waals surface area contributed by atoms with Crippen LogP contribution in [0.2, 0.25) is 0 Å². The molecule has 2 rings (SSSR count). The van der Waals surface area contributed by atoms with Crippen LogP contribution in [0.4, 0.5) is 0 Å². The smallest absolute Gasteiger partial charge is 0.329 e. The summed E-state index contributed by atoms with van der Waals surface area (Å²) in [7, 11) is 0. The normalized spacial score (nSPS) is 11.3. The molecular formula is C24H39N3O3S. The maximum atomic E-state index is 13.0. The van der Waals surface area contributed by atoms with Crippen LogP contribution in [0, 0.1) is 6.92 Å². The minimum absolute atomic E-state index is 0.157. The molecule has 0 unspecified atom stereocenters. The SMILES string of the molecule is CCCCCCCCNC(=O)c1sc2[nH]c(=O)n(CCCCCCCC)c(=O)c2c1C. The summed E-state index contributed by atoms with van der Waals surface area (Å²) < 4.78 is 1.29. The Morgan fingerprint density at radius 1 is 0.903 bits per heavy atom. The van der Waals surface area contributed by atoms with E-state index in [1.165, 1.54) is 60.8 Å². The predicted octanol–water partition coefficient (Wildman–Crippen LogP) is 5.51. The minimum atomic E-state index is -0.383. The molecule has 0 aromatic carbocycles. The largest absolute Gasteiger partial charge is 0.351 e. The van der Waals surface area contributed by atoms with Gasteiger partial charge in [0.2, 0.25) is 0 Å². The van der Waals surface area contributed by atoms with Gasteiger partial charge in [-0.2, -0.15) is 0 Å². The van der Waals surface area contributed by atoms with Gasteiger partial charge in [-0.3, -0.25) is 19.1 Å². The van der Waals surface area contributed by atoms with Gasteiger partial charge in [-0.25, -0.2) is 4.79 Å². The lowest BCUT2D eigenvalue weighted by Gasteiger charge is -2.05. The number of H-pyrrole nitrogens is 1. The minimum Gasteiger partial charge on any atom is -0.351 e. The molecule has 0 saturated heterocycles. The molecule has 2 heterocycles. The Labute approximate surface area is 189 Å². The molecule has 0 spiro atoms. The van der Waals surface area contributed by atoms with Gasteiger partial charge in [-0.05, 0) is 25.3 Å². The Hall–Kier alpha value is -1.89. The van der Waals surface area contributed by atoms with E-state index >= 15 is 0 Å². The zero-order chi connectivity index (χ0) is 22.6. The fraction of sp³-hybridized carbons (Fsp3) is 0.708. The zero-order valence-corrected chi connectivity index (χ0v) is 20.3. The molecule has 0 aliphatic rings. The third-order valence-electron chi connectivity index (χ3n) is 5.83. The molecule has 0 atom stereocenters. The highest BCUT2D eigenvalue weighted by Gasteiger charge is 2.20. The van der Waals surface area contributed by atoms with E-state index in [-0.39, 0.29) is 17.2 Å². The van der Waals surface area contributed by atoms with E-state index in [0.29, 0.717) is 33.7 Å². The molecule has 2 N–H and O–H groups in total. The number of thiophene rings is 1. The molecule has 0 aliphatic heterocycles. The number of carbonyl (C=O) groups is 1. The van der Waals surface area contributed by atoms with Gasteiger partial charge >= 0.3 is 5.69 Å². The number of aromatic amines is 1. The van der Waals surface area contributed by atoms with Gasteiger partial charge in [-0.15, -0.1) is 11.3 Å². The topological polar surface area (TPSA) is 84.0 Å². The van der Waals surface area contributed by atoms with Crippen LogP contribution in [0.15, 0.2) is 9.59 Å². The second-order valence-corrected chi connectivity index (χ2v) is 9.46. The van der Waals surface area contributed by atoms with Gasteiger partial charge in [0.05, 0.1) is 10.3 Å². The highest BCUT2D eigenvalue weighted by Crippen LogP contribution is 2.26. The van der Waals surface area contributed by atoms with E-state index in [4.69, 9.17) is 0 Å². The molecule has 0 fully saturated rings. The van der Waals surface area contributed by atoms with Crippen LogP contribution in [-0.4, -0.2) is 22.0 Å². The van der Waals surface area contributed by atoms with Crippen LogP contribution >= 0.6 is 11.3 Å². The number of nitrogens with one attached hydrogen (secondary N) is 2. The number of nitrogens with zero attached hydrogens (tertiary/aromatic N) is 1. The molecule has 0 bridgehead atoms. The fourth-order valence-corrected chi connectivity index (χ4v) is 5.01. The van der Waals surface area contributed by atoms with E-state index < -0.39 is 0 Å². The Morgan fingerprint density at radius 2 is 1.48 bits per heavy atom. The van der Waals surface area contributed by atoms with Crippen LogP contribution in [0.25, 0.3) is 10.2 Å². The third kappa shape index (κ3) is 7.34. The van der Waals surface area contributed by atoms with Crippen molar-refractivity contribution in [2.75, 3.05) is 6.54 Å². The molecular weight excluding hydrogens is 410 g/mol. The van der Waals surface area contributed by atoms with Crippen molar-refractivity contribution in [3.63, 3.8) is 0 Å². The molecule has 2 aromatic heterocycles. The predicted molar refractivity (Wildman–Crippen MR) is 131 cm³/mol. The number of carbonyl (C=O) groups excluding carboxylic acids is 1. The molecule has 7 heteroatoms. The summed E-state index contributed by atoms with van der Waals surface area (Å²) >= 11 is 1.20. The molecule has 0 radical (unpaired) electrons. The third-order valence-corrected chi connectivity index (χ3v) is 7.03. The summed E-state index contributed by atoms with van der Waals surface area (Å²) in [4.78, 5) is 41.9. The van der Waals surface area contributed by atoms with Crippen LogP contribution < -0.4 is 16.6 Å². The first-order valence-electron chi connectivity index (χ1n) is 12.1. The Morgan fingerprint density at radius 3 is 2.13 bits per heavy atom. The summed E-state index contributed by atoms with van der Waals surface area (Å²) in [6.07, 6.45) is 13.6. The van der Waals surface area contributed by atoms with Crippen molar-refractivity contribution in [3.8, 4) is 0 Å². The molecule has 1 amide bonds. The van der Waals surface area contributed by atoms with Crippen molar-refractivity contribution >= 4 is 27.5 Å². The van der Waals surface area contributed by atoms with E-state index in [9.17, 15) is 14.4 Å². The Balaban J connectivity index is 2.00. The maximum Gasteiger partial charge on any atom is 0.329 e. The molecule has 31 heavy (non-hydrogen) atoms. The number of aryl methyl sites for hydroxylation is 1. The van der Waals surface area contributed by atoms with Gasteiger partial charge < -0.3 is 5.32 Å². The van der Waals surface area contributed by atoms with Gasteiger partial charge in [0.1, 0.15) is 4.83 Å². The average molecular weight is 450 g/mol. The quantitative estimate of drug-likeness (QED) is 0.352. The highest BCUT2D eigenvalue weighted by molar-refractivity contribution is 7.20. The van der Waals surface area contributed by atoms with Crippen molar-refractivity contribution in [1.29, 1.82) is 0 Å². The van der Waals surface area contributed by atoms with Gasteiger partial charge in [0.15, 0.2) is 0 Å². The van der Waals surface area contributed by atoms with Gasteiger partial charge in [-0.1, -0.05) is 78.1 Å². The number of unbranched alkanes of at least 4 members (excludes halogenated alkanes) is 10. The molecule has 0 saturated carbocycles.